The maximum Gasteiger partial charge on any atom is 0.274 e. The maximum absolute atomic E-state index is 12.9. The molecule has 0 spiro atoms. The number of hydrogen-bond acceptors (Lipinski definition) is 4. The number of benzene rings is 2. The van der Waals surface area contributed by atoms with E-state index in [0.29, 0.717) is 27.1 Å². The highest BCUT2D eigenvalue weighted by Crippen LogP contribution is 2.26. The van der Waals surface area contributed by atoms with Crippen LogP contribution in [-0.2, 0) is 0 Å². The smallest absolute Gasteiger partial charge is 0.274 e. The van der Waals surface area contributed by atoms with Crippen molar-refractivity contribution in [2.24, 2.45) is 0 Å². The number of thioether (sulfide) groups is 1. The second kappa shape index (κ2) is 8.31. The van der Waals surface area contributed by atoms with Gasteiger partial charge in [-0.3, -0.25) is 14.2 Å². The molecule has 29 heavy (non-hydrogen) atoms. The fourth-order valence-corrected chi connectivity index (χ4v) is 3.74. The maximum atomic E-state index is 12.9. The van der Waals surface area contributed by atoms with Gasteiger partial charge in [-0.15, -0.1) is 0 Å². The fourth-order valence-electron chi connectivity index (χ4n) is 2.93. The minimum Gasteiger partial charge on any atom is -0.349 e. The third-order valence-electron chi connectivity index (χ3n) is 4.54. The van der Waals surface area contributed by atoms with Gasteiger partial charge < -0.3 is 10.6 Å². The predicted molar refractivity (Wildman–Crippen MR) is 115 cm³/mol. The molecular weight excluding hydrogens is 408 g/mol. The van der Waals surface area contributed by atoms with Gasteiger partial charge in [0.25, 0.3) is 11.8 Å². The second-order valence-corrected chi connectivity index (χ2v) is 7.88. The Labute approximate surface area is 177 Å². The number of nitrogens with zero attached hydrogens (tertiary/aromatic N) is 2. The van der Waals surface area contributed by atoms with Crippen molar-refractivity contribution in [1.82, 2.24) is 14.9 Å². The van der Waals surface area contributed by atoms with Gasteiger partial charge in [-0.05, 0) is 49.4 Å². The molecular formula is C21H19ClN4O2S. The Kier molecular flexibility index (Phi) is 5.60. The fraction of sp³-hybridized carbons (Fsp3) is 0.190. The summed E-state index contributed by atoms with van der Waals surface area (Å²) >= 11 is 7.74. The number of aromatic nitrogens is 2. The molecule has 3 aromatic rings. The van der Waals surface area contributed by atoms with Crippen molar-refractivity contribution in [1.29, 1.82) is 0 Å². The number of halogens is 1. The molecule has 148 valence electrons. The van der Waals surface area contributed by atoms with E-state index in [9.17, 15) is 9.59 Å². The molecule has 1 aliphatic rings. The van der Waals surface area contributed by atoms with Gasteiger partial charge in [-0.1, -0.05) is 41.6 Å². The van der Waals surface area contributed by atoms with Gasteiger partial charge in [-0.2, -0.15) is 0 Å². The molecule has 0 saturated heterocycles. The summed E-state index contributed by atoms with van der Waals surface area (Å²) in [6.45, 7) is 0. The summed E-state index contributed by atoms with van der Waals surface area (Å²) in [6, 6.07) is 14.7. The molecule has 1 fully saturated rings. The first-order valence-corrected chi connectivity index (χ1v) is 10.8. The zero-order valence-electron chi connectivity index (χ0n) is 15.7. The van der Waals surface area contributed by atoms with Crippen LogP contribution in [-0.4, -0.2) is 33.7 Å². The summed E-state index contributed by atoms with van der Waals surface area (Å²) in [5.74, 6) is -0.505. The monoisotopic (exact) mass is 426 g/mol. The van der Waals surface area contributed by atoms with Crippen molar-refractivity contribution >= 4 is 40.9 Å². The standard InChI is InChI=1S/C21H19ClN4O2S/c1-29-21-23-12-18(26(21)15-5-3-2-4-6-15)20(28)25-14-9-10-16(17(22)11-14)19(27)24-13-7-8-13/h2-6,9-13H,7-8H2,1H3,(H,24,27)(H,25,28). The minimum absolute atomic E-state index is 0.192. The summed E-state index contributed by atoms with van der Waals surface area (Å²) in [5.41, 5.74) is 2.17. The topological polar surface area (TPSA) is 76.0 Å². The summed E-state index contributed by atoms with van der Waals surface area (Å²) in [4.78, 5) is 29.5. The van der Waals surface area contributed by atoms with Crippen molar-refractivity contribution in [3.8, 4) is 5.69 Å². The highest BCUT2D eigenvalue weighted by Gasteiger charge is 2.25. The molecule has 2 N–H and O–H groups in total. The highest BCUT2D eigenvalue weighted by molar-refractivity contribution is 7.98. The molecule has 0 atom stereocenters. The van der Waals surface area contributed by atoms with Crippen LogP contribution in [0.25, 0.3) is 5.69 Å². The van der Waals surface area contributed by atoms with Crippen LogP contribution >= 0.6 is 23.4 Å². The molecule has 1 saturated carbocycles. The average Bonchev–Trinajstić information content (AvgIpc) is 3.42. The van der Waals surface area contributed by atoms with E-state index in [1.165, 1.54) is 11.8 Å². The minimum atomic E-state index is -0.312. The van der Waals surface area contributed by atoms with E-state index in [1.807, 2.05) is 36.6 Å². The Bertz CT molecular complexity index is 1060. The molecule has 0 aliphatic heterocycles. The number of hydrogen-bond donors (Lipinski definition) is 2. The number of carbonyl (C=O) groups is 2. The zero-order chi connectivity index (χ0) is 20.4. The first kappa shape index (κ1) is 19.5. The molecule has 1 aromatic heterocycles. The van der Waals surface area contributed by atoms with Crippen LogP contribution in [0.5, 0.6) is 0 Å². The van der Waals surface area contributed by atoms with Crippen molar-refractivity contribution < 1.29 is 9.59 Å². The molecule has 2 aromatic carbocycles. The summed E-state index contributed by atoms with van der Waals surface area (Å²) in [5, 5.41) is 6.76. The lowest BCUT2D eigenvalue weighted by Gasteiger charge is -2.12. The largest absolute Gasteiger partial charge is 0.349 e. The van der Waals surface area contributed by atoms with Crippen LogP contribution < -0.4 is 10.6 Å². The number of para-hydroxylation sites is 1. The Hall–Kier alpha value is -2.77. The van der Waals surface area contributed by atoms with Crippen molar-refractivity contribution in [2.75, 3.05) is 11.6 Å². The van der Waals surface area contributed by atoms with Gasteiger partial charge in [0.1, 0.15) is 5.69 Å². The van der Waals surface area contributed by atoms with Crippen molar-refractivity contribution in [2.45, 2.75) is 24.0 Å². The van der Waals surface area contributed by atoms with E-state index in [-0.39, 0.29) is 17.9 Å². The van der Waals surface area contributed by atoms with Crippen LogP contribution in [0.4, 0.5) is 5.69 Å². The van der Waals surface area contributed by atoms with Crippen LogP contribution in [0.3, 0.4) is 0 Å². The lowest BCUT2D eigenvalue weighted by molar-refractivity contribution is 0.0950. The number of amides is 2. The van der Waals surface area contributed by atoms with Crippen LogP contribution in [0.1, 0.15) is 33.7 Å². The van der Waals surface area contributed by atoms with E-state index in [2.05, 4.69) is 15.6 Å². The SMILES string of the molecule is CSc1ncc(C(=O)Nc2ccc(C(=O)NC3CC3)c(Cl)c2)n1-c1ccccc1. The summed E-state index contributed by atoms with van der Waals surface area (Å²) < 4.78 is 1.80. The van der Waals surface area contributed by atoms with Crippen LogP contribution in [0.2, 0.25) is 5.02 Å². The first-order valence-electron chi connectivity index (χ1n) is 9.15. The summed E-state index contributed by atoms with van der Waals surface area (Å²) in [6.07, 6.45) is 5.47. The Morgan fingerprint density at radius 1 is 1.14 bits per heavy atom. The van der Waals surface area contributed by atoms with E-state index in [4.69, 9.17) is 11.6 Å². The molecule has 1 heterocycles. The lowest BCUT2D eigenvalue weighted by atomic mass is 10.2. The Morgan fingerprint density at radius 2 is 1.90 bits per heavy atom. The van der Waals surface area contributed by atoms with Crippen molar-refractivity contribution in [3.63, 3.8) is 0 Å². The van der Waals surface area contributed by atoms with Crippen molar-refractivity contribution in [3.05, 3.63) is 71.0 Å². The van der Waals surface area contributed by atoms with Crippen LogP contribution in [0.15, 0.2) is 59.9 Å². The predicted octanol–water partition coefficient (Wildman–Crippen LogP) is 4.39. The second-order valence-electron chi connectivity index (χ2n) is 6.70. The molecule has 2 amide bonds. The molecule has 4 rings (SSSR count). The van der Waals surface area contributed by atoms with E-state index in [1.54, 1.807) is 29.0 Å². The number of rotatable bonds is 6. The molecule has 0 radical (unpaired) electrons. The van der Waals surface area contributed by atoms with E-state index in [0.717, 1.165) is 18.5 Å². The number of nitrogens with one attached hydrogen (secondary N) is 2. The number of imidazole rings is 1. The highest BCUT2D eigenvalue weighted by atomic mass is 35.5. The van der Waals surface area contributed by atoms with E-state index >= 15 is 0 Å². The van der Waals surface area contributed by atoms with Gasteiger partial charge >= 0.3 is 0 Å². The number of anilines is 1. The first-order chi connectivity index (χ1) is 14.1. The molecule has 6 nitrogen and oxygen atoms in total. The third kappa shape index (κ3) is 4.31. The Morgan fingerprint density at radius 3 is 2.55 bits per heavy atom. The zero-order valence-corrected chi connectivity index (χ0v) is 17.3. The molecule has 0 unspecified atom stereocenters. The van der Waals surface area contributed by atoms with Gasteiger partial charge in [0.2, 0.25) is 0 Å². The average molecular weight is 427 g/mol. The van der Waals surface area contributed by atoms with Gasteiger partial charge in [0, 0.05) is 17.4 Å². The number of carbonyl (C=O) groups excluding carboxylic acids is 2. The molecule has 8 heteroatoms. The van der Waals surface area contributed by atoms with Gasteiger partial charge in [0.15, 0.2) is 5.16 Å². The van der Waals surface area contributed by atoms with Gasteiger partial charge in [-0.25, -0.2) is 4.98 Å². The normalized spacial score (nSPS) is 13.2. The lowest BCUT2D eigenvalue weighted by Crippen LogP contribution is -2.25. The molecule has 1 aliphatic carbocycles. The quantitative estimate of drug-likeness (QED) is 0.573. The summed E-state index contributed by atoms with van der Waals surface area (Å²) in [7, 11) is 0. The van der Waals surface area contributed by atoms with Gasteiger partial charge in [0.05, 0.1) is 16.8 Å². The van der Waals surface area contributed by atoms with Crippen LogP contribution in [0, 0.1) is 0 Å². The third-order valence-corrected chi connectivity index (χ3v) is 5.51. The Balaban J connectivity index is 1.56. The van der Waals surface area contributed by atoms with E-state index < -0.39 is 0 Å². The molecule has 0 bridgehead atoms.